The van der Waals surface area contributed by atoms with E-state index in [1.807, 2.05) is 36.7 Å². The van der Waals surface area contributed by atoms with Crippen LogP contribution in [-0.4, -0.2) is 22.4 Å². The standard InChI is InChI=1S/C36H34N4/c1-5-13-33(14-6-1)27-39(28-34-15-7-2-8-16-34)37-25-31-21-23-32(24-22-31)26-38-40(29-35-17-9-3-10-18-35)30-36-19-11-4-12-20-36/h1-26H,27-30H2/b37-25+,38-26+. The van der Waals surface area contributed by atoms with Gasteiger partial charge < -0.3 is 0 Å². The van der Waals surface area contributed by atoms with Crippen molar-refractivity contribution in [1.82, 2.24) is 10.0 Å². The van der Waals surface area contributed by atoms with Gasteiger partial charge in [-0.1, -0.05) is 146 Å². The quantitative estimate of drug-likeness (QED) is 0.124. The van der Waals surface area contributed by atoms with Crippen molar-refractivity contribution in [2.24, 2.45) is 10.2 Å². The van der Waals surface area contributed by atoms with Crippen molar-refractivity contribution in [3.05, 3.63) is 179 Å². The van der Waals surface area contributed by atoms with E-state index in [1.54, 1.807) is 0 Å². The Bertz CT molecular complexity index is 1270. The van der Waals surface area contributed by atoms with Crippen molar-refractivity contribution >= 4 is 12.4 Å². The van der Waals surface area contributed by atoms with E-state index in [2.05, 4.69) is 131 Å². The van der Waals surface area contributed by atoms with Crippen LogP contribution in [0.4, 0.5) is 0 Å². The molecule has 5 aromatic carbocycles. The summed E-state index contributed by atoms with van der Waals surface area (Å²) in [4.78, 5) is 0. The predicted octanol–water partition coefficient (Wildman–Crippen LogP) is 7.76. The van der Waals surface area contributed by atoms with Gasteiger partial charge in [0, 0.05) is 0 Å². The molecular weight excluding hydrogens is 488 g/mol. The van der Waals surface area contributed by atoms with Gasteiger partial charge in [0.25, 0.3) is 0 Å². The summed E-state index contributed by atoms with van der Waals surface area (Å²) in [6.45, 7) is 2.98. The molecule has 0 saturated carbocycles. The lowest BCUT2D eigenvalue weighted by Gasteiger charge is -2.19. The van der Waals surface area contributed by atoms with Gasteiger partial charge in [-0.3, -0.25) is 10.0 Å². The summed E-state index contributed by atoms with van der Waals surface area (Å²) >= 11 is 0. The van der Waals surface area contributed by atoms with E-state index in [-0.39, 0.29) is 0 Å². The number of nitrogens with zero attached hydrogens (tertiary/aromatic N) is 4. The lowest BCUT2D eigenvalue weighted by molar-refractivity contribution is 0.272. The van der Waals surface area contributed by atoms with Gasteiger partial charge in [0.05, 0.1) is 38.6 Å². The molecule has 4 heteroatoms. The van der Waals surface area contributed by atoms with Crippen LogP contribution in [0.1, 0.15) is 33.4 Å². The molecule has 0 aliphatic rings. The van der Waals surface area contributed by atoms with Crippen molar-refractivity contribution in [2.75, 3.05) is 0 Å². The summed E-state index contributed by atoms with van der Waals surface area (Å²) in [6.07, 6.45) is 3.87. The van der Waals surface area contributed by atoms with Crippen LogP contribution in [0.2, 0.25) is 0 Å². The second-order valence-corrected chi connectivity index (χ2v) is 9.74. The highest BCUT2D eigenvalue weighted by molar-refractivity contribution is 5.83. The van der Waals surface area contributed by atoms with Crippen molar-refractivity contribution in [3.8, 4) is 0 Å². The second-order valence-electron chi connectivity index (χ2n) is 9.74. The molecule has 0 atom stereocenters. The zero-order valence-electron chi connectivity index (χ0n) is 22.6. The number of hydrazone groups is 2. The number of hydrogen-bond acceptors (Lipinski definition) is 4. The molecule has 0 fully saturated rings. The predicted molar refractivity (Wildman–Crippen MR) is 166 cm³/mol. The van der Waals surface area contributed by atoms with Crippen molar-refractivity contribution < 1.29 is 0 Å². The average molecular weight is 523 g/mol. The van der Waals surface area contributed by atoms with Crippen LogP contribution in [0.3, 0.4) is 0 Å². The first-order valence-corrected chi connectivity index (χ1v) is 13.6. The maximum atomic E-state index is 4.85. The highest BCUT2D eigenvalue weighted by Crippen LogP contribution is 2.13. The first-order chi connectivity index (χ1) is 19.8. The summed E-state index contributed by atoms with van der Waals surface area (Å²) in [6, 6.07) is 50.2. The van der Waals surface area contributed by atoms with E-state index in [4.69, 9.17) is 10.2 Å². The van der Waals surface area contributed by atoms with Gasteiger partial charge in [-0.15, -0.1) is 0 Å². The zero-order valence-corrected chi connectivity index (χ0v) is 22.6. The third-order valence-corrected chi connectivity index (χ3v) is 6.51. The van der Waals surface area contributed by atoms with Crippen LogP contribution in [0.25, 0.3) is 0 Å². The van der Waals surface area contributed by atoms with Crippen LogP contribution in [0.5, 0.6) is 0 Å². The molecule has 4 nitrogen and oxygen atoms in total. The van der Waals surface area contributed by atoms with Gasteiger partial charge in [0.2, 0.25) is 0 Å². The normalized spacial score (nSPS) is 11.2. The molecule has 0 unspecified atom stereocenters. The molecule has 0 aliphatic carbocycles. The zero-order chi connectivity index (χ0) is 27.2. The minimum Gasteiger partial charge on any atom is -0.288 e. The Morgan fingerprint density at radius 1 is 0.350 bits per heavy atom. The van der Waals surface area contributed by atoms with Crippen molar-refractivity contribution in [1.29, 1.82) is 0 Å². The van der Waals surface area contributed by atoms with Crippen LogP contribution in [0.15, 0.2) is 156 Å². The minimum absolute atomic E-state index is 0.746. The SMILES string of the molecule is C(=N\N(Cc1ccccc1)Cc1ccccc1)/c1ccc(/C=N/N(Cc2ccccc2)Cc2ccccc2)cc1. The molecule has 0 radical (unpaired) electrons. The molecule has 5 aromatic rings. The first-order valence-electron chi connectivity index (χ1n) is 13.6. The highest BCUT2D eigenvalue weighted by atomic mass is 15.4. The van der Waals surface area contributed by atoms with Gasteiger partial charge in [0.15, 0.2) is 0 Å². The monoisotopic (exact) mass is 522 g/mol. The largest absolute Gasteiger partial charge is 0.288 e. The fourth-order valence-corrected chi connectivity index (χ4v) is 4.42. The fourth-order valence-electron chi connectivity index (χ4n) is 4.42. The lowest BCUT2D eigenvalue weighted by atomic mass is 10.1. The Kier molecular flexibility index (Phi) is 9.50. The Labute approximate surface area is 237 Å². The van der Waals surface area contributed by atoms with Crippen molar-refractivity contribution in [3.63, 3.8) is 0 Å². The van der Waals surface area contributed by atoms with E-state index in [1.165, 1.54) is 22.3 Å². The summed E-state index contributed by atoms with van der Waals surface area (Å²) < 4.78 is 0. The van der Waals surface area contributed by atoms with Crippen LogP contribution in [-0.2, 0) is 26.2 Å². The smallest absolute Gasteiger partial charge is 0.0614 e. The van der Waals surface area contributed by atoms with E-state index in [0.717, 1.165) is 37.3 Å². The van der Waals surface area contributed by atoms with E-state index >= 15 is 0 Å². The summed E-state index contributed by atoms with van der Waals surface area (Å²) in [5, 5.41) is 13.9. The lowest BCUT2D eigenvalue weighted by Crippen LogP contribution is -2.17. The third kappa shape index (κ3) is 8.53. The van der Waals surface area contributed by atoms with Gasteiger partial charge in [-0.25, -0.2) is 0 Å². The van der Waals surface area contributed by atoms with Crippen LogP contribution >= 0.6 is 0 Å². The molecule has 0 bridgehead atoms. The minimum atomic E-state index is 0.746. The van der Waals surface area contributed by atoms with Crippen LogP contribution < -0.4 is 0 Å². The maximum Gasteiger partial charge on any atom is 0.0614 e. The first kappa shape index (κ1) is 26.6. The highest BCUT2D eigenvalue weighted by Gasteiger charge is 2.06. The molecule has 198 valence electrons. The molecule has 0 amide bonds. The fraction of sp³-hybridized carbons (Fsp3) is 0.111. The molecule has 5 rings (SSSR count). The Balaban J connectivity index is 1.26. The van der Waals surface area contributed by atoms with E-state index in [0.29, 0.717) is 0 Å². The van der Waals surface area contributed by atoms with Gasteiger partial charge in [0.1, 0.15) is 0 Å². The molecule has 0 saturated heterocycles. The summed E-state index contributed by atoms with van der Waals surface area (Å²) in [7, 11) is 0. The molecule has 0 heterocycles. The van der Waals surface area contributed by atoms with Crippen LogP contribution in [0, 0.1) is 0 Å². The third-order valence-electron chi connectivity index (χ3n) is 6.51. The molecular formula is C36H34N4. The summed E-state index contributed by atoms with van der Waals surface area (Å²) in [5.74, 6) is 0. The van der Waals surface area contributed by atoms with Gasteiger partial charge in [-0.05, 0) is 33.4 Å². The second kappa shape index (κ2) is 14.3. The number of hydrogen-bond donors (Lipinski definition) is 0. The summed E-state index contributed by atoms with van der Waals surface area (Å²) in [5.41, 5.74) is 7.04. The van der Waals surface area contributed by atoms with E-state index < -0.39 is 0 Å². The molecule has 0 spiro atoms. The van der Waals surface area contributed by atoms with Gasteiger partial charge in [-0.2, -0.15) is 10.2 Å². The maximum absolute atomic E-state index is 4.85. The Morgan fingerprint density at radius 3 is 0.850 bits per heavy atom. The molecule has 0 aliphatic heterocycles. The topological polar surface area (TPSA) is 31.2 Å². The van der Waals surface area contributed by atoms with Crippen molar-refractivity contribution in [2.45, 2.75) is 26.2 Å². The Hall–Kier alpha value is -4.96. The van der Waals surface area contributed by atoms with Gasteiger partial charge >= 0.3 is 0 Å². The molecule has 0 aromatic heterocycles. The average Bonchev–Trinajstić information content (AvgIpc) is 3.01. The van der Waals surface area contributed by atoms with E-state index in [9.17, 15) is 0 Å². The number of benzene rings is 5. The Morgan fingerprint density at radius 2 is 0.600 bits per heavy atom. The molecule has 0 N–H and O–H groups in total. The number of rotatable bonds is 12. The molecule has 40 heavy (non-hydrogen) atoms.